The molecule has 0 amide bonds. The Morgan fingerprint density at radius 1 is 1.27 bits per heavy atom. The Kier molecular flexibility index (Phi) is 5.15. The summed E-state index contributed by atoms with van der Waals surface area (Å²) in [5, 5.41) is 20.8. The van der Waals surface area contributed by atoms with Crippen LogP contribution in [-0.4, -0.2) is 23.4 Å². The number of rotatable bonds is 4. The van der Waals surface area contributed by atoms with Crippen LogP contribution in [-0.2, 0) is 0 Å². The summed E-state index contributed by atoms with van der Waals surface area (Å²) < 4.78 is 6.31. The number of hydrogen-bond donors (Lipinski definition) is 1. The van der Waals surface area contributed by atoms with Gasteiger partial charge in [0.1, 0.15) is 11.4 Å². The summed E-state index contributed by atoms with van der Waals surface area (Å²) in [6.45, 7) is 0. The Balaban J connectivity index is 2.43. The molecule has 2 aromatic carbocycles. The number of methoxy groups -OCH3 is 1. The van der Waals surface area contributed by atoms with Crippen LogP contribution in [0.3, 0.4) is 0 Å². The Morgan fingerprint density at radius 2 is 1.95 bits per heavy atom. The summed E-state index contributed by atoms with van der Waals surface area (Å²) in [6, 6.07) is 7.57. The fourth-order valence-corrected chi connectivity index (χ4v) is 2.47. The fourth-order valence-electron chi connectivity index (χ4n) is 1.70. The minimum atomic E-state index is -0.507. The van der Waals surface area contributed by atoms with E-state index in [0.29, 0.717) is 20.2 Å². The quantitative estimate of drug-likeness (QED) is 0.437. The van der Waals surface area contributed by atoms with Gasteiger partial charge in [-0.2, -0.15) is 0 Å². The Labute approximate surface area is 142 Å². The predicted octanol–water partition coefficient (Wildman–Crippen LogP) is 4.58. The summed E-state index contributed by atoms with van der Waals surface area (Å²) in [5.41, 5.74) is 0.816. The molecule has 0 unspecified atom stereocenters. The molecular weight excluding hydrogens is 420 g/mol. The third-order valence-electron chi connectivity index (χ3n) is 2.82. The van der Waals surface area contributed by atoms with Crippen molar-refractivity contribution in [2.24, 2.45) is 4.99 Å². The monoisotopic (exact) mass is 428 g/mol. The molecule has 1 N–H and O–H groups in total. The average Bonchev–Trinajstić information content (AvgIpc) is 2.51. The third kappa shape index (κ3) is 3.45. The molecule has 8 heteroatoms. The van der Waals surface area contributed by atoms with Gasteiger partial charge in [0, 0.05) is 22.3 Å². The number of phenols is 1. The molecule has 22 heavy (non-hydrogen) atoms. The normalized spacial score (nSPS) is 10.9. The van der Waals surface area contributed by atoms with Gasteiger partial charge in [0.25, 0.3) is 5.69 Å². The van der Waals surface area contributed by atoms with Crippen LogP contribution in [0.4, 0.5) is 11.4 Å². The molecule has 0 bridgehead atoms. The fraction of sp³-hybridized carbons (Fsp3) is 0.0714. The van der Waals surface area contributed by atoms with Crippen molar-refractivity contribution in [2.45, 2.75) is 0 Å². The van der Waals surface area contributed by atoms with Crippen molar-refractivity contribution in [1.82, 2.24) is 0 Å². The molecule has 6 nitrogen and oxygen atoms in total. The van der Waals surface area contributed by atoms with E-state index in [1.165, 1.54) is 31.5 Å². The van der Waals surface area contributed by atoms with Crippen LogP contribution in [0.25, 0.3) is 0 Å². The van der Waals surface area contributed by atoms with Gasteiger partial charge >= 0.3 is 0 Å². The van der Waals surface area contributed by atoms with Crippen LogP contribution in [0.5, 0.6) is 11.5 Å². The highest BCUT2D eigenvalue weighted by Gasteiger charge is 2.12. The van der Waals surface area contributed by atoms with Gasteiger partial charge in [-0.15, -0.1) is 0 Å². The van der Waals surface area contributed by atoms with Crippen molar-refractivity contribution < 1.29 is 14.8 Å². The highest BCUT2D eigenvalue weighted by Crippen LogP contribution is 2.34. The molecule has 0 heterocycles. The molecule has 0 radical (unpaired) electrons. The molecule has 2 aromatic rings. The van der Waals surface area contributed by atoms with E-state index < -0.39 is 4.92 Å². The lowest BCUT2D eigenvalue weighted by molar-refractivity contribution is -0.384. The van der Waals surface area contributed by atoms with Crippen molar-refractivity contribution in [3.63, 3.8) is 0 Å². The van der Waals surface area contributed by atoms with E-state index in [4.69, 9.17) is 4.74 Å². The molecular formula is C14H10Br2N2O4. The van der Waals surface area contributed by atoms with E-state index in [0.717, 1.165) is 0 Å². The van der Waals surface area contributed by atoms with E-state index in [-0.39, 0.29) is 17.2 Å². The largest absolute Gasteiger partial charge is 0.506 e. The summed E-state index contributed by atoms with van der Waals surface area (Å²) in [4.78, 5) is 14.5. The zero-order valence-electron chi connectivity index (χ0n) is 11.3. The molecule has 0 atom stereocenters. The number of nitrogens with zero attached hydrogens (tertiary/aromatic N) is 2. The van der Waals surface area contributed by atoms with Crippen LogP contribution < -0.4 is 4.74 Å². The van der Waals surface area contributed by atoms with Gasteiger partial charge in [0.05, 0.1) is 22.6 Å². The molecule has 0 spiro atoms. The van der Waals surface area contributed by atoms with Gasteiger partial charge in [-0.25, -0.2) is 0 Å². The number of aromatic hydroxyl groups is 1. The van der Waals surface area contributed by atoms with Gasteiger partial charge < -0.3 is 9.84 Å². The molecule has 0 aliphatic rings. The van der Waals surface area contributed by atoms with E-state index >= 15 is 0 Å². The highest BCUT2D eigenvalue weighted by atomic mass is 79.9. The lowest BCUT2D eigenvalue weighted by atomic mass is 10.2. The number of non-ortho nitro benzene ring substituents is 1. The predicted molar refractivity (Wildman–Crippen MR) is 90.4 cm³/mol. The molecule has 0 saturated carbocycles. The molecule has 0 aromatic heterocycles. The summed E-state index contributed by atoms with van der Waals surface area (Å²) in [6.07, 6.45) is 1.45. The number of benzene rings is 2. The molecule has 0 saturated heterocycles. The van der Waals surface area contributed by atoms with Crippen LogP contribution >= 0.6 is 31.9 Å². The van der Waals surface area contributed by atoms with Gasteiger partial charge in [0.15, 0.2) is 5.75 Å². The lowest BCUT2D eigenvalue weighted by Crippen LogP contribution is -1.91. The summed E-state index contributed by atoms with van der Waals surface area (Å²) in [5.74, 6) is 0.315. The second-order valence-corrected chi connectivity index (χ2v) is 5.87. The second kappa shape index (κ2) is 6.89. The Hall–Kier alpha value is -1.93. The number of ether oxygens (including phenoxy) is 1. The maximum Gasteiger partial charge on any atom is 0.273 e. The van der Waals surface area contributed by atoms with Crippen molar-refractivity contribution in [2.75, 3.05) is 7.11 Å². The number of aliphatic imine (C=N–C) groups is 1. The maximum atomic E-state index is 10.8. The third-order valence-corrected chi connectivity index (χ3v) is 4.15. The molecule has 114 valence electrons. The Bertz CT molecular complexity index is 763. The average molecular weight is 430 g/mol. The standard InChI is InChI=1S/C14H10Br2N2O4/c1-22-13-6-8(18(20)21)2-5-12(13)17-7-9-10(15)3-4-11(16)14(9)19/h2-7,19H,1H3. The van der Waals surface area contributed by atoms with E-state index in [1.807, 2.05) is 0 Å². The smallest absolute Gasteiger partial charge is 0.273 e. The second-order valence-electron chi connectivity index (χ2n) is 4.16. The van der Waals surface area contributed by atoms with Crippen molar-refractivity contribution in [3.8, 4) is 11.5 Å². The first-order chi connectivity index (χ1) is 10.4. The molecule has 0 fully saturated rings. The van der Waals surface area contributed by atoms with Crippen LogP contribution in [0, 0.1) is 10.1 Å². The number of nitro groups is 1. The van der Waals surface area contributed by atoms with E-state index in [2.05, 4.69) is 36.9 Å². The van der Waals surface area contributed by atoms with Crippen LogP contribution in [0.1, 0.15) is 5.56 Å². The molecule has 0 aliphatic carbocycles. The number of phenolic OH excluding ortho intramolecular Hbond substituents is 1. The van der Waals surface area contributed by atoms with Gasteiger partial charge in [0.2, 0.25) is 0 Å². The highest BCUT2D eigenvalue weighted by molar-refractivity contribution is 9.11. The zero-order chi connectivity index (χ0) is 16.3. The lowest BCUT2D eigenvalue weighted by Gasteiger charge is -2.06. The van der Waals surface area contributed by atoms with Crippen molar-refractivity contribution in [1.29, 1.82) is 0 Å². The summed E-state index contributed by atoms with van der Waals surface area (Å²) >= 11 is 6.56. The number of nitro benzene ring substituents is 1. The number of hydrogen-bond acceptors (Lipinski definition) is 5. The van der Waals surface area contributed by atoms with Crippen LogP contribution in [0.15, 0.2) is 44.3 Å². The SMILES string of the molecule is COc1cc([N+](=O)[O-])ccc1N=Cc1c(Br)ccc(Br)c1O. The molecule has 2 rings (SSSR count). The van der Waals surface area contributed by atoms with E-state index in [1.54, 1.807) is 12.1 Å². The zero-order valence-corrected chi connectivity index (χ0v) is 14.5. The Morgan fingerprint density at radius 3 is 2.59 bits per heavy atom. The van der Waals surface area contributed by atoms with Crippen molar-refractivity contribution in [3.05, 3.63) is 55.0 Å². The van der Waals surface area contributed by atoms with Gasteiger partial charge in [-0.05, 0) is 50.1 Å². The van der Waals surface area contributed by atoms with E-state index in [9.17, 15) is 15.2 Å². The maximum absolute atomic E-state index is 10.8. The van der Waals surface area contributed by atoms with Crippen LogP contribution in [0.2, 0.25) is 0 Å². The number of halogens is 2. The van der Waals surface area contributed by atoms with Crippen molar-refractivity contribution >= 4 is 49.4 Å². The van der Waals surface area contributed by atoms with Gasteiger partial charge in [-0.3, -0.25) is 15.1 Å². The minimum Gasteiger partial charge on any atom is -0.506 e. The summed E-state index contributed by atoms with van der Waals surface area (Å²) in [7, 11) is 1.41. The topological polar surface area (TPSA) is 85.0 Å². The molecule has 0 aliphatic heterocycles. The first-order valence-corrected chi connectivity index (χ1v) is 7.56. The first-order valence-electron chi connectivity index (χ1n) is 5.97. The minimum absolute atomic E-state index is 0.0407. The first kappa shape index (κ1) is 16.4. The van der Waals surface area contributed by atoms with Gasteiger partial charge in [-0.1, -0.05) is 0 Å².